The molecular formula is C21H21N4OP. The van der Waals surface area contributed by atoms with Gasteiger partial charge in [0.05, 0.1) is 11.9 Å². The minimum atomic E-state index is 0.221. The molecular weight excluding hydrogens is 355 g/mol. The van der Waals surface area contributed by atoms with E-state index in [0.717, 1.165) is 22.5 Å². The predicted molar refractivity (Wildman–Crippen MR) is 112 cm³/mol. The summed E-state index contributed by atoms with van der Waals surface area (Å²) in [6.07, 6.45) is 1.87. The largest absolute Gasteiger partial charge is 0.507 e. The van der Waals surface area contributed by atoms with E-state index in [2.05, 4.69) is 48.3 Å². The van der Waals surface area contributed by atoms with E-state index in [0.29, 0.717) is 20.7 Å². The normalized spacial score (nSPS) is 11.5. The maximum Gasteiger partial charge on any atom is 0.165 e. The minimum absolute atomic E-state index is 0.221. The van der Waals surface area contributed by atoms with E-state index in [1.54, 1.807) is 6.07 Å². The van der Waals surface area contributed by atoms with E-state index in [1.807, 2.05) is 35.0 Å². The highest BCUT2D eigenvalue weighted by Crippen LogP contribution is 2.29. The van der Waals surface area contributed by atoms with Gasteiger partial charge in [0.25, 0.3) is 0 Å². The summed E-state index contributed by atoms with van der Waals surface area (Å²) in [4.78, 5) is 4.77. The Bertz CT molecular complexity index is 1110. The summed E-state index contributed by atoms with van der Waals surface area (Å²) in [5.74, 6) is 1.07. The number of nitrogens with zero attached hydrogens (tertiary/aromatic N) is 3. The maximum atomic E-state index is 10.3. The molecule has 5 nitrogen and oxygen atoms in total. The SMILES string of the molecule is CPc1cnn2c(NCc3cccc(C)c3)cc(-c3ccccc3O)nc12. The van der Waals surface area contributed by atoms with Gasteiger partial charge in [0, 0.05) is 23.5 Å². The fraction of sp³-hybridized carbons (Fsp3) is 0.143. The van der Waals surface area contributed by atoms with Crippen LogP contribution in [0.3, 0.4) is 0 Å². The molecule has 1 atom stereocenters. The van der Waals surface area contributed by atoms with Gasteiger partial charge in [0.15, 0.2) is 5.65 Å². The number of anilines is 1. The second-order valence-electron chi connectivity index (χ2n) is 6.43. The van der Waals surface area contributed by atoms with Crippen molar-refractivity contribution >= 4 is 25.4 Å². The number of phenols is 1. The van der Waals surface area contributed by atoms with Crippen molar-refractivity contribution < 1.29 is 5.11 Å². The fourth-order valence-corrected chi connectivity index (χ4v) is 3.68. The van der Waals surface area contributed by atoms with E-state index in [1.165, 1.54) is 11.1 Å². The van der Waals surface area contributed by atoms with Crippen LogP contribution in [0, 0.1) is 6.92 Å². The Morgan fingerprint density at radius 1 is 1.11 bits per heavy atom. The number of nitrogens with one attached hydrogen (secondary N) is 1. The van der Waals surface area contributed by atoms with Gasteiger partial charge < -0.3 is 10.4 Å². The molecule has 0 aliphatic heterocycles. The number of hydrogen-bond donors (Lipinski definition) is 2. The zero-order valence-electron chi connectivity index (χ0n) is 15.3. The zero-order chi connectivity index (χ0) is 18.8. The molecule has 136 valence electrons. The molecule has 0 spiro atoms. The first-order chi connectivity index (χ1) is 13.2. The van der Waals surface area contributed by atoms with Crippen LogP contribution < -0.4 is 10.6 Å². The van der Waals surface area contributed by atoms with Gasteiger partial charge in [-0.05, 0) is 31.3 Å². The van der Waals surface area contributed by atoms with Gasteiger partial charge in [-0.1, -0.05) is 50.5 Å². The van der Waals surface area contributed by atoms with Crippen molar-refractivity contribution in [1.82, 2.24) is 14.6 Å². The highest BCUT2D eigenvalue weighted by Gasteiger charge is 2.13. The number of hydrogen-bond acceptors (Lipinski definition) is 4. The molecule has 0 amide bonds. The molecule has 6 heteroatoms. The Morgan fingerprint density at radius 2 is 1.96 bits per heavy atom. The van der Waals surface area contributed by atoms with Crippen molar-refractivity contribution in [3.63, 3.8) is 0 Å². The molecule has 0 fully saturated rings. The fourth-order valence-electron chi connectivity index (χ4n) is 3.11. The topological polar surface area (TPSA) is 62.5 Å². The van der Waals surface area contributed by atoms with Gasteiger partial charge in [-0.2, -0.15) is 9.61 Å². The Morgan fingerprint density at radius 3 is 2.74 bits per heavy atom. The van der Waals surface area contributed by atoms with Crippen LogP contribution in [0.15, 0.2) is 60.8 Å². The van der Waals surface area contributed by atoms with Crippen LogP contribution in [-0.4, -0.2) is 26.4 Å². The van der Waals surface area contributed by atoms with Crippen LogP contribution in [0.2, 0.25) is 0 Å². The minimum Gasteiger partial charge on any atom is -0.507 e. The van der Waals surface area contributed by atoms with Crippen LogP contribution in [0.5, 0.6) is 5.75 Å². The van der Waals surface area contributed by atoms with E-state index >= 15 is 0 Å². The molecule has 27 heavy (non-hydrogen) atoms. The second kappa shape index (κ2) is 7.37. The van der Waals surface area contributed by atoms with E-state index in [4.69, 9.17) is 4.98 Å². The molecule has 1 unspecified atom stereocenters. The number of benzene rings is 2. The number of aromatic hydroxyl groups is 1. The summed E-state index contributed by atoms with van der Waals surface area (Å²) in [5.41, 5.74) is 4.70. The third-order valence-corrected chi connectivity index (χ3v) is 5.37. The molecule has 2 aromatic carbocycles. The lowest BCUT2D eigenvalue weighted by atomic mass is 10.1. The third kappa shape index (κ3) is 3.51. The number of fused-ring (bicyclic) bond motifs is 1. The summed E-state index contributed by atoms with van der Waals surface area (Å²) in [6, 6.07) is 17.6. The highest BCUT2D eigenvalue weighted by molar-refractivity contribution is 7.46. The van der Waals surface area contributed by atoms with Crippen molar-refractivity contribution in [2.45, 2.75) is 13.5 Å². The van der Waals surface area contributed by atoms with Gasteiger partial charge in [-0.3, -0.25) is 0 Å². The van der Waals surface area contributed by atoms with Crippen molar-refractivity contribution in [3.8, 4) is 17.0 Å². The highest BCUT2D eigenvalue weighted by atomic mass is 31.1. The number of aryl methyl sites for hydroxylation is 1. The average molecular weight is 376 g/mol. The summed E-state index contributed by atoms with van der Waals surface area (Å²) in [7, 11) is 0.593. The van der Waals surface area contributed by atoms with Crippen molar-refractivity contribution in [1.29, 1.82) is 0 Å². The quantitative estimate of drug-likeness (QED) is 0.518. The molecule has 2 aromatic heterocycles. The Labute approximate surface area is 159 Å². The number of aromatic nitrogens is 3. The molecule has 0 bridgehead atoms. The standard InChI is InChI=1S/C21H21N4OP/c1-14-6-5-7-15(10-14)12-22-20-11-17(16-8-3-4-9-18(16)26)24-21-19(27-2)13-23-25(20)21/h3-11,13,22,26-27H,12H2,1-2H3. The third-order valence-electron chi connectivity index (χ3n) is 4.48. The van der Waals surface area contributed by atoms with Gasteiger partial charge in [0.2, 0.25) is 0 Å². The summed E-state index contributed by atoms with van der Waals surface area (Å²) in [5, 5.41) is 19.4. The Hall–Kier alpha value is -2.91. The molecule has 0 aliphatic carbocycles. The van der Waals surface area contributed by atoms with Gasteiger partial charge in [-0.25, -0.2) is 4.98 Å². The molecule has 4 aromatic rings. The molecule has 2 N–H and O–H groups in total. The first-order valence-electron chi connectivity index (χ1n) is 8.80. The lowest BCUT2D eigenvalue weighted by Gasteiger charge is -2.12. The zero-order valence-corrected chi connectivity index (χ0v) is 16.3. The first kappa shape index (κ1) is 17.5. The monoisotopic (exact) mass is 376 g/mol. The summed E-state index contributed by atoms with van der Waals surface area (Å²) < 4.78 is 1.84. The van der Waals surface area contributed by atoms with Crippen LogP contribution in [0.4, 0.5) is 5.82 Å². The number of phenolic OH excluding ortho intramolecular Hbond substituents is 1. The Balaban J connectivity index is 1.78. The van der Waals surface area contributed by atoms with Crippen molar-refractivity contribution in [3.05, 3.63) is 71.9 Å². The van der Waals surface area contributed by atoms with Crippen LogP contribution in [-0.2, 0) is 6.54 Å². The second-order valence-corrected chi connectivity index (χ2v) is 7.47. The molecule has 0 saturated carbocycles. The van der Waals surface area contributed by atoms with E-state index < -0.39 is 0 Å². The van der Waals surface area contributed by atoms with Crippen LogP contribution in [0.25, 0.3) is 16.9 Å². The van der Waals surface area contributed by atoms with Crippen LogP contribution >= 0.6 is 8.58 Å². The maximum absolute atomic E-state index is 10.3. The molecule has 0 radical (unpaired) electrons. The Kier molecular flexibility index (Phi) is 4.78. The van der Waals surface area contributed by atoms with E-state index in [9.17, 15) is 5.11 Å². The summed E-state index contributed by atoms with van der Waals surface area (Å²) in [6.45, 7) is 4.89. The predicted octanol–water partition coefficient (Wildman–Crippen LogP) is 3.96. The molecule has 2 heterocycles. The van der Waals surface area contributed by atoms with Crippen molar-refractivity contribution in [2.75, 3.05) is 12.0 Å². The number of para-hydroxylation sites is 1. The molecule has 0 saturated heterocycles. The van der Waals surface area contributed by atoms with Gasteiger partial charge >= 0.3 is 0 Å². The van der Waals surface area contributed by atoms with Gasteiger partial charge in [-0.15, -0.1) is 0 Å². The smallest absolute Gasteiger partial charge is 0.165 e. The lowest BCUT2D eigenvalue weighted by Crippen LogP contribution is -2.08. The van der Waals surface area contributed by atoms with Crippen molar-refractivity contribution in [2.24, 2.45) is 0 Å². The van der Waals surface area contributed by atoms with Crippen LogP contribution in [0.1, 0.15) is 11.1 Å². The van der Waals surface area contributed by atoms with Gasteiger partial charge in [0.1, 0.15) is 11.6 Å². The first-order valence-corrected chi connectivity index (χ1v) is 10.3. The summed E-state index contributed by atoms with van der Waals surface area (Å²) >= 11 is 0. The average Bonchev–Trinajstić information content (AvgIpc) is 3.09. The molecule has 0 aliphatic rings. The number of rotatable bonds is 5. The molecule has 4 rings (SSSR count). The lowest BCUT2D eigenvalue weighted by molar-refractivity contribution is 0.477. The van der Waals surface area contributed by atoms with E-state index in [-0.39, 0.29) is 5.75 Å².